The van der Waals surface area contributed by atoms with Gasteiger partial charge in [0.05, 0.1) is 16.1 Å². The Balaban J connectivity index is 1.76. The fourth-order valence-electron chi connectivity index (χ4n) is 2.64. The lowest BCUT2D eigenvalue weighted by Gasteiger charge is -2.10. The molecule has 0 saturated heterocycles. The van der Waals surface area contributed by atoms with Crippen LogP contribution in [-0.4, -0.2) is 25.3 Å². The molecule has 138 valence electrons. The van der Waals surface area contributed by atoms with E-state index in [0.29, 0.717) is 33.3 Å². The first kappa shape index (κ1) is 18.6. The molecule has 0 radical (unpaired) electrons. The van der Waals surface area contributed by atoms with Gasteiger partial charge in [0.25, 0.3) is 5.56 Å². The number of halogens is 1. The van der Waals surface area contributed by atoms with Gasteiger partial charge in [0.2, 0.25) is 5.91 Å². The Bertz CT molecular complexity index is 1000. The van der Waals surface area contributed by atoms with Crippen molar-refractivity contribution >= 4 is 39.1 Å². The lowest BCUT2D eigenvalue weighted by molar-refractivity contribution is -0.117. The van der Waals surface area contributed by atoms with Crippen molar-refractivity contribution < 1.29 is 4.79 Å². The van der Waals surface area contributed by atoms with Gasteiger partial charge in [0, 0.05) is 24.0 Å². The zero-order valence-electron chi connectivity index (χ0n) is 14.9. The molecular formula is C17H20ClN5O2S. The maximum Gasteiger partial charge on any atom is 0.281 e. The van der Waals surface area contributed by atoms with Gasteiger partial charge >= 0.3 is 0 Å². The number of nitrogens with zero attached hydrogens (tertiary/aromatic N) is 4. The Labute approximate surface area is 159 Å². The van der Waals surface area contributed by atoms with Crippen LogP contribution in [0, 0.1) is 13.8 Å². The fourth-order valence-corrected chi connectivity index (χ4v) is 3.95. The molecule has 3 aromatic rings. The standard InChI is InChI=1S/C17H20ClN5O2S/c1-4-5-12-8-13-16(26-12)19-11(3)23(17(13)25)21-15(24)6-7-22-9-14(18)10(2)20-22/h8-9H,4-7H2,1-3H3,(H,21,24). The third-order valence-corrected chi connectivity index (χ3v) is 5.43. The van der Waals surface area contributed by atoms with Gasteiger partial charge in [-0.15, -0.1) is 11.3 Å². The Kier molecular flexibility index (Phi) is 5.43. The van der Waals surface area contributed by atoms with E-state index in [0.717, 1.165) is 17.7 Å². The summed E-state index contributed by atoms with van der Waals surface area (Å²) in [6.07, 6.45) is 3.77. The van der Waals surface area contributed by atoms with Gasteiger partial charge in [-0.05, 0) is 26.3 Å². The summed E-state index contributed by atoms with van der Waals surface area (Å²) in [4.78, 5) is 31.3. The second-order valence-electron chi connectivity index (χ2n) is 6.09. The van der Waals surface area contributed by atoms with Crippen LogP contribution in [0.4, 0.5) is 0 Å². The van der Waals surface area contributed by atoms with Gasteiger partial charge in [-0.25, -0.2) is 9.66 Å². The van der Waals surface area contributed by atoms with Crippen molar-refractivity contribution in [3.63, 3.8) is 0 Å². The number of thiophene rings is 1. The molecule has 0 aliphatic heterocycles. The van der Waals surface area contributed by atoms with Crippen molar-refractivity contribution in [2.45, 2.75) is 46.6 Å². The zero-order chi connectivity index (χ0) is 18.8. The lowest BCUT2D eigenvalue weighted by atomic mass is 10.2. The number of carbonyl (C=O) groups excluding carboxylic acids is 1. The monoisotopic (exact) mass is 393 g/mol. The number of rotatable bonds is 6. The molecule has 3 aromatic heterocycles. The van der Waals surface area contributed by atoms with Crippen LogP contribution in [0.15, 0.2) is 17.1 Å². The average Bonchev–Trinajstić information content (AvgIpc) is 3.13. The maximum absolute atomic E-state index is 12.7. The van der Waals surface area contributed by atoms with Gasteiger partial charge < -0.3 is 0 Å². The van der Waals surface area contributed by atoms with E-state index in [-0.39, 0.29) is 17.9 Å². The van der Waals surface area contributed by atoms with E-state index in [1.807, 2.05) is 6.07 Å². The normalized spacial score (nSPS) is 11.2. The molecule has 3 rings (SSSR count). The summed E-state index contributed by atoms with van der Waals surface area (Å²) in [6, 6.07) is 1.87. The number of aryl methyl sites for hydroxylation is 4. The quantitative estimate of drug-likeness (QED) is 0.697. The Morgan fingerprint density at radius 3 is 2.81 bits per heavy atom. The first-order valence-electron chi connectivity index (χ1n) is 8.40. The average molecular weight is 394 g/mol. The van der Waals surface area contributed by atoms with Crippen LogP contribution in [0.1, 0.15) is 36.2 Å². The van der Waals surface area contributed by atoms with Crippen LogP contribution >= 0.6 is 22.9 Å². The maximum atomic E-state index is 12.7. The van der Waals surface area contributed by atoms with Crippen LogP contribution in [0.2, 0.25) is 5.02 Å². The molecule has 1 amide bonds. The number of aromatic nitrogens is 4. The van der Waals surface area contributed by atoms with Gasteiger partial charge in [-0.2, -0.15) is 5.10 Å². The minimum atomic E-state index is -0.287. The molecule has 0 saturated carbocycles. The number of hydrogen-bond donors (Lipinski definition) is 1. The van der Waals surface area contributed by atoms with Gasteiger partial charge in [-0.1, -0.05) is 24.9 Å². The fraction of sp³-hybridized carbons (Fsp3) is 0.412. The van der Waals surface area contributed by atoms with E-state index in [4.69, 9.17) is 11.6 Å². The summed E-state index contributed by atoms with van der Waals surface area (Å²) in [5.41, 5.74) is 3.10. The van der Waals surface area contributed by atoms with Crippen molar-refractivity contribution in [1.29, 1.82) is 0 Å². The highest BCUT2D eigenvalue weighted by molar-refractivity contribution is 7.18. The van der Waals surface area contributed by atoms with Crippen molar-refractivity contribution in [2.75, 3.05) is 5.43 Å². The van der Waals surface area contributed by atoms with Crippen LogP contribution in [0.3, 0.4) is 0 Å². The van der Waals surface area contributed by atoms with Crippen LogP contribution in [-0.2, 0) is 17.8 Å². The van der Waals surface area contributed by atoms with Crippen LogP contribution in [0.25, 0.3) is 10.2 Å². The molecule has 26 heavy (non-hydrogen) atoms. The summed E-state index contributed by atoms with van der Waals surface area (Å²) in [7, 11) is 0. The third-order valence-electron chi connectivity index (χ3n) is 3.97. The van der Waals surface area contributed by atoms with Crippen molar-refractivity contribution in [3.05, 3.63) is 44.0 Å². The molecule has 3 heterocycles. The molecule has 0 unspecified atom stereocenters. The zero-order valence-corrected chi connectivity index (χ0v) is 16.4. The molecule has 1 N–H and O–H groups in total. The van der Waals surface area contributed by atoms with Crippen molar-refractivity contribution in [3.8, 4) is 0 Å². The molecule has 0 aliphatic carbocycles. The molecule has 0 fully saturated rings. The molecule has 0 bridgehead atoms. The van der Waals surface area contributed by atoms with Gasteiger partial charge in [0.15, 0.2) is 0 Å². The summed E-state index contributed by atoms with van der Waals surface area (Å²) < 4.78 is 2.83. The molecule has 9 heteroatoms. The Morgan fingerprint density at radius 2 is 2.15 bits per heavy atom. The molecule has 0 spiro atoms. The molecule has 0 aliphatic rings. The SMILES string of the molecule is CCCc1cc2c(=O)n(NC(=O)CCn3cc(Cl)c(C)n3)c(C)nc2s1. The molecule has 7 nitrogen and oxygen atoms in total. The predicted molar refractivity (Wildman–Crippen MR) is 104 cm³/mol. The first-order valence-corrected chi connectivity index (χ1v) is 9.60. The summed E-state index contributed by atoms with van der Waals surface area (Å²) >= 11 is 7.49. The highest BCUT2D eigenvalue weighted by Crippen LogP contribution is 2.22. The smallest absolute Gasteiger partial charge is 0.273 e. The number of nitrogens with one attached hydrogen (secondary N) is 1. The molecule has 0 aromatic carbocycles. The second-order valence-corrected chi connectivity index (χ2v) is 7.61. The lowest BCUT2D eigenvalue weighted by Crippen LogP contribution is -2.35. The summed E-state index contributed by atoms with van der Waals surface area (Å²) in [5, 5.41) is 5.31. The van der Waals surface area contributed by atoms with Gasteiger partial charge in [-0.3, -0.25) is 19.7 Å². The van der Waals surface area contributed by atoms with E-state index in [9.17, 15) is 9.59 Å². The van der Waals surface area contributed by atoms with Crippen LogP contribution in [0.5, 0.6) is 0 Å². The number of fused-ring (bicyclic) bond motifs is 1. The third kappa shape index (κ3) is 3.81. The van der Waals surface area contributed by atoms with Crippen LogP contribution < -0.4 is 11.0 Å². The highest BCUT2D eigenvalue weighted by atomic mass is 35.5. The minimum Gasteiger partial charge on any atom is -0.273 e. The Hall–Kier alpha value is -2.19. The number of amides is 1. The van der Waals surface area contributed by atoms with Crippen molar-refractivity contribution in [1.82, 2.24) is 19.4 Å². The first-order chi connectivity index (χ1) is 12.4. The van der Waals surface area contributed by atoms with E-state index in [1.165, 1.54) is 16.0 Å². The molecule has 0 atom stereocenters. The highest BCUT2D eigenvalue weighted by Gasteiger charge is 2.14. The Morgan fingerprint density at radius 1 is 1.38 bits per heavy atom. The minimum absolute atomic E-state index is 0.173. The largest absolute Gasteiger partial charge is 0.281 e. The van der Waals surface area contributed by atoms with Crippen molar-refractivity contribution in [2.24, 2.45) is 0 Å². The van der Waals surface area contributed by atoms with E-state index < -0.39 is 0 Å². The summed E-state index contributed by atoms with van der Waals surface area (Å²) in [5.74, 6) is 0.170. The number of carbonyl (C=O) groups is 1. The van der Waals surface area contributed by atoms with E-state index >= 15 is 0 Å². The topological polar surface area (TPSA) is 81.8 Å². The van der Waals surface area contributed by atoms with Gasteiger partial charge in [0.1, 0.15) is 10.7 Å². The molecular weight excluding hydrogens is 374 g/mol. The second kappa shape index (κ2) is 7.59. The number of hydrogen-bond acceptors (Lipinski definition) is 5. The summed E-state index contributed by atoms with van der Waals surface area (Å²) in [6.45, 7) is 5.98. The van der Waals surface area contributed by atoms with E-state index in [2.05, 4.69) is 22.4 Å². The predicted octanol–water partition coefficient (Wildman–Crippen LogP) is 3.04. The van der Waals surface area contributed by atoms with E-state index in [1.54, 1.807) is 24.7 Å².